The van der Waals surface area contributed by atoms with Crippen LogP contribution in [0.1, 0.15) is 16.5 Å². The summed E-state index contributed by atoms with van der Waals surface area (Å²) in [6, 6.07) is 19.9. The molecule has 2 N–H and O–H groups in total. The molecule has 1 aliphatic heterocycles. The van der Waals surface area contributed by atoms with E-state index in [2.05, 4.69) is 28.3 Å². The molecule has 0 saturated heterocycles. The number of thiophene rings is 1. The Morgan fingerprint density at radius 1 is 1.03 bits per heavy atom. The van der Waals surface area contributed by atoms with E-state index >= 15 is 0 Å². The third kappa shape index (κ3) is 4.06. The van der Waals surface area contributed by atoms with Gasteiger partial charge in [0.15, 0.2) is 16.6 Å². The molecule has 0 bridgehead atoms. The van der Waals surface area contributed by atoms with Crippen molar-refractivity contribution in [1.82, 2.24) is 10.4 Å². The zero-order valence-electron chi connectivity index (χ0n) is 16.1. The number of hydrogen-bond donors (Lipinski definition) is 2. The maximum absolute atomic E-state index is 5.73. The smallest absolute Gasteiger partial charge is 0.193 e. The average molecular weight is 424 g/mol. The van der Waals surface area contributed by atoms with Gasteiger partial charge in [-0.3, -0.25) is 10.4 Å². The minimum Gasteiger partial charge on any atom is -0.493 e. The number of ether oxygens (including phenoxy) is 2. The molecular weight excluding hydrogens is 402 g/mol. The van der Waals surface area contributed by atoms with E-state index in [4.69, 9.17) is 21.7 Å². The van der Waals surface area contributed by atoms with Crippen LogP contribution in [0.3, 0.4) is 0 Å². The average Bonchev–Trinajstić information content (AvgIpc) is 3.44. The first kappa shape index (κ1) is 19.3. The Kier molecular flexibility index (Phi) is 5.69. The van der Waals surface area contributed by atoms with E-state index in [1.165, 1.54) is 0 Å². The molecule has 0 aliphatic carbocycles. The second-order valence-electron chi connectivity index (χ2n) is 6.39. The summed E-state index contributed by atoms with van der Waals surface area (Å²) in [5.41, 5.74) is 6.46. The summed E-state index contributed by atoms with van der Waals surface area (Å²) in [5, 5.41) is 7.91. The van der Waals surface area contributed by atoms with E-state index < -0.39 is 0 Å². The molecule has 2 aromatic carbocycles. The highest BCUT2D eigenvalue weighted by atomic mass is 32.1. The fraction of sp³-hybridized carbons (Fsp3) is 0.136. The fourth-order valence-electron chi connectivity index (χ4n) is 3.20. The number of anilines is 1. The number of nitrogens with one attached hydrogen (secondary N) is 2. The molecule has 5 nitrogen and oxygen atoms in total. The number of benzene rings is 2. The van der Waals surface area contributed by atoms with Gasteiger partial charge in [0, 0.05) is 5.69 Å². The standard InChI is InChI=1S/C22H21N3O2S2/c1-26-19-11-10-15(13-20(19)27-2)18-14-17(21-9-6-12-29-21)24-25(18)22(28)23-16-7-4-3-5-8-16/h3-14,18,24H,1-2H3,(H,23,28)/t18-/m1/s1. The van der Waals surface area contributed by atoms with Crippen molar-refractivity contribution >= 4 is 40.1 Å². The predicted molar refractivity (Wildman–Crippen MR) is 122 cm³/mol. The highest BCUT2D eigenvalue weighted by Gasteiger charge is 2.30. The van der Waals surface area contributed by atoms with Crippen molar-refractivity contribution in [2.45, 2.75) is 6.04 Å². The lowest BCUT2D eigenvalue weighted by Gasteiger charge is -2.28. The summed E-state index contributed by atoms with van der Waals surface area (Å²) in [5.74, 6) is 1.38. The van der Waals surface area contributed by atoms with E-state index in [0.29, 0.717) is 16.6 Å². The predicted octanol–water partition coefficient (Wildman–Crippen LogP) is 5.06. The van der Waals surface area contributed by atoms with Gasteiger partial charge in [0.05, 0.1) is 30.8 Å². The third-order valence-electron chi connectivity index (χ3n) is 4.62. The molecule has 2 heterocycles. The lowest BCUT2D eigenvalue weighted by Crippen LogP contribution is -2.42. The Balaban J connectivity index is 1.67. The largest absolute Gasteiger partial charge is 0.493 e. The van der Waals surface area contributed by atoms with Gasteiger partial charge in [0.1, 0.15) is 0 Å². The van der Waals surface area contributed by atoms with E-state index in [1.54, 1.807) is 25.6 Å². The SMILES string of the molecule is COc1ccc([C@H]2C=C(c3cccs3)NN2C(=S)Nc2ccccc2)cc1OC. The molecule has 1 aromatic heterocycles. The molecular formula is C22H21N3O2S2. The van der Waals surface area contributed by atoms with Crippen LogP contribution in [0.25, 0.3) is 5.70 Å². The first-order valence-corrected chi connectivity index (χ1v) is 10.4. The van der Waals surface area contributed by atoms with Gasteiger partial charge in [0.25, 0.3) is 0 Å². The van der Waals surface area contributed by atoms with Crippen molar-refractivity contribution in [3.05, 3.63) is 82.6 Å². The highest BCUT2D eigenvalue weighted by molar-refractivity contribution is 7.80. The van der Waals surface area contributed by atoms with Gasteiger partial charge in [-0.05, 0) is 59.6 Å². The monoisotopic (exact) mass is 423 g/mol. The highest BCUT2D eigenvalue weighted by Crippen LogP contribution is 2.37. The van der Waals surface area contributed by atoms with Crippen LogP contribution in [0.5, 0.6) is 11.5 Å². The number of hydrazine groups is 1. The Bertz CT molecular complexity index is 1020. The van der Waals surface area contributed by atoms with Gasteiger partial charge in [-0.15, -0.1) is 11.3 Å². The fourth-order valence-corrected chi connectivity index (χ4v) is 4.18. The lowest BCUT2D eigenvalue weighted by atomic mass is 10.1. The lowest BCUT2D eigenvalue weighted by molar-refractivity contribution is 0.339. The second-order valence-corrected chi connectivity index (χ2v) is 7.73. The molecule has 148 valence electrons. The molecule has 29 heavy (non-hydrogen) atoms. The molecule has 0 saturated carbocycles. The molecule has 0 unspecified atom stereocenters. The summed E-state index contributed by atoms with van der Waals surface area (Å²) in [4.78, 5) is 1.15. The molecule has 4 rings (SSSR count). The van der Waals surface area contributed by atoms with Crippen LogP contribution in [-0.2, 0) is 0 Å². The number of methoxy groups -OCH3 is 2. The van der Waals surface area contributed by atoms with Gasteiger partial charge in [-0.2, -0.15) is 0 Å². The number of hydrogen-bond acceptors (Lipinski definition) is 5. The van der Waals surface area contributed by atoms with E-state index in [1.807, 2.05) is 59.6 Å². The second kappa shape index (κ2) is 8.55. The maximum Gasteiger partial charge on any atom is 0.193 e. The molecule has 1 atom stereocenters. The molecule has 0 fully saturated rings. The molecule has 7 heteroatoms. The topological polar surface area (TPSA) is 45.8 Å². The molecule has 0 radical (unpaired) electrons. The van der Waals surface area contributed by atoms with Crippen LogP contribution in [0.15, 0.2) is 72.1 Å². The van der Waals surface area contributed by atoms with E-state index in [-0.39, 0.29) is 6.04 Å². The minimum atomic E-state index is -0.101. The third-order valence-corrected chi connectivity index (χ3v) is 5.83. The number of nitrogens with zero attached hydrogens (tertiary/aromatic N) is 1. The van der Waals surface area contributed by atoms with Crippen molar-refractivity contribution in [3.8, 4) is 11.5 Å². The minimum absolute atomic E-state index is 0.101. The van der Waals surface area contributed by atoms with Crippen molar-refractivity contribution < 1.29 is 9.47 Å². The summed E-state index contributed by atoms with van der Waals surface area (Å²) in [7, 11) is 3.27. The Labute approximate surface area is 179 Å². The molecule has 3 aromatic rings. The van der Waals surface area contributed by atoms with Gasteiger partial charge in [0.2, 0.25) is 0 Å². The van der Waals surface area contributed by atoms with Crippen molar-refractivity contribution in [1.29, 1.82) is 0 Å². The number of rotatable bonds is 5. The molecule has 0 amide bonds. The van der Waals surface area contributed by atoms with E-state index in [9.17, 15) is 0 Å². The van der Waals surface area contributed by atoms with Crippen molar-refractivity contribution in [2.24, 2.45) is 0 Å². The number of thiocarbonyl (C=S) groups is 1. The van der Waals surface area contributed by atoms with Gasteiger partial charge >= 0.3 is 0 Å². The van der Waals surface area contributed by atoms with Crippen LogP contribution in [0, 0.1) is 0 Å². The van der Waals surface area contributed by atoms with Crippen molar-refractivity contribution in [3.63, 3.8) is 0 Å². The zero-order valence-corrected chi connectivity index (χ0v) is 17.7. The van der Waals surface area contributed by atoms with Crippen LogP contribution in [-0.4, -0.2) is 24.3 Å². The van der Waals surface area contributed by atoms with Crippen molar-refractivity contribution in [2.75, 3.05) is 19.5 Å². The van der Waals surface area contributed by atoms with Crippen LogP contribution in [0.4, 0.5) is 5.69 Å². The van der Waals surface area contributed by atoms with Gasteiger partial charge < -0.3 is 14.8 Å². The Hall–Kier alpha value is -3.03. The summed E-state index contributed by atoms with van der Waals surface area (Å²) >= 11 is 7.41. The maximum atomic E-state index is 5.73. The Morgan fingerprint density at radius 3 is 2.52 bits per heavy atom. The van der Waals surface area contributed by atoms with Crippen LogP contribution < -0.4 is 20.2 Å². The summed E-state index contributed by atoms with van der Waals surface area (Å²) < 4.78 is 10.9. The normalized spacial score (nSPS) is 15.4. The zero-order chi connectivity index (χ0) is 20.2. The Morgan fingerprint density at radius 2 is 1.83 bits per heavy atom. The van der Waals surface area contributed by atoms with E-state index in [0.717, 1.165) is 21.8 Å². The van der Waals surface area contributed by atoms with Crippen LogP contribution in [0.2, 0.25) is 0 Å². The molecule has 1 aliphatic rings. The quantitative estimate of drug-likeness (QED) is 0.559. The van der Waals surface area contributed by atoms with Gasteiger partial charge in [-0.25, -0.2) is 0 Å². The first-order valence-electron chi connectivity index (χ1n) is 9.09. The summed E-state index contributed by atoms with van der Waals surface area (Å²) in [6.45, 7) is 0. The molecule has 0 spiro atoms. The van der Waals surface area contributed by atoms with Gasteiger partial charge in [-0.1, -0.05) is 30.3 Å². The van der Waals surface area contributed by atoms with Crippen LogP contribution >= 0.6 is 23.6 Å². The number of para-hydroxylation sites is 1. The summed E-state index contributed by atoms with van der Waals surface area (Å²) in [6.07, 6.45) is 2.17. The first-order chi connectivity index (χ1) is 14.2.